The summed E-state index contributed by atoms with van der Waals surface area (Å²) in [7, 11) is 3.97. The number of carbonyl (C=O) groups is 1. The molecule has 0 aliphatic carbocycles. The molecule has 29 heavy (non-hydrogen) atoms. The normalized spacial score (nSPS) is 10.8. The molecule has 0 fully saturated rings. The molecule has 0 spiro atoms. The average molecular weight is 454 g/mol. The number of nitrogens with zero attached hydrogens (tertiary/aromatic N) is 3. The highest BCUT2D eigenvalue weighted by Crippen LogP contribution is 2.32. The number of aryl methyl sites for hydroxylation is 2. The van der Waals surface area contributed by atoms with E-state index in [2.05, 4.69) is 26.0 Å². The molecular weight excluding hydrogens is 429 g/mol. The molecule has 0 radical (unpaired) electrons. The molecule has 0 atom stereocenters. The molecule has 1 aromatic heterocycles. The van der Waals surface area contributed by atoms with E-state index in [0.717, 1.165) is 16.8 Å². The molecule has 0 N–H and O–H groups in total. The number of thiazole rings is 1. The number of fused-ring (bicyclic) bond motifs is 1. The lowest BCUT2D eigenvalue weighted by Gasteiger charge is -2.22. The van der Waals surface area contributed by atoms with Crippen molar-refractivity contribution < 1.29 is 9.53 Å². The van der Waals surface area contributed by atoms with Gasteiger partial charge in [0.15, 0.2) is 11.7 Å². The molecule has 0 aliphatic heterocycles. The van der Waals surface area contributed by atoms with Gasteiger partial charge in [-0.1, -0.05) is 29.0 Å². The second-order valence-corrected chi connectivity index (χ2v) is 8.43. The Morgan fingerprint density at radius 2 is 1.83 bits per heavy atom. The summed E-state index contributed by atoms with van der Waals surface area (Å²) < 4.78 is 6.78. The SMILES string of the molecule is Cc1cc(C)c2sc(N(CCN(C)C)C(=O)COc3ccc(Cl)cc3)nc2c1.Cl. The molecule has 8 heteroatoms. The molecule has 2 aromatic carbocycles. The first-order valence-electron chi connectivity index (χ1n) is 9.05. The van der Waals surface area contributed by atoms with Crippen LogP contribution in [0.15, 0.2) is 36.4 Å². The predicted molar refractivity (Wildman–Crippen MR) is 124 cm³/mol. The molecule has 0 unspecified atom stereocenters. The van der Waals surface area contributed by atoms with Crippen LogP contribution in [0.1, 0.15) is 11.1 Å². The Balaban J connectivity index is 0.00000300. The number of rotatable bonds is 7. The maximum absolute atomic E-state index is 12.9. The van der Waals surface area contributed by atoms with Gasteiger partial charge in [-0.25, -0.2) is 4.98 Å². The number of likely N-dealkylation sites (N-methyl/N-ethyl adjacent to an activating group) is 1. The number of hydrogen-bond acceptors (Lipinski definition) is 5. The van der Waals surface area contributed by atoms with Crippen molar-refractivity contribution in [3.63, 3.8) is 0 Å². The van der Waals surface area contributed by atoms with E-state index < -0.39 is 0 Å². The van der Waals surface area contributed by atoms with Gasteiger partial charge in [0.05, 0.1) is 10.2 Å². The van der Waals surface area contributed by atoms with Gasteiger partial charge in [-0.05, 0) is 69.4 Å². The third-order valence-corrected chi connectivity index (χ3v) is 5.77. The Bertz CT molecular complexity index is 974. The monoisotopic (exact) mass is 453 g/mol. The van der Waals surface area contributed by atoms with Crippen molar-refractivity contribution in [3.8, 4) is 5.75 Å². The van der Waals surface area contributed by atoms with Crippen LogP contribution in [0.25, 0.3) is 10.2 Å². The van der Waals surface area contributed by atoms with Gasteiger partial charge >= 0.3 is 0 Å². The molecule has 3 rings (SSSR count). The first-order chi connectivity index (χ1) is 13.3. The van der Waals surface area contributed by atoms with Crippen LogP contribution in [-0.4, -0.2) is 49.6 Å². The number of benzene rings is 2. The van der Waals surface area contributed by atoms with E-state index in [9.17, 15) is 4.79 Å². The summed E-state index contributed by atoms with van der Waals surface area (Å²) in [5.41, 5.74) is 3.27. The number of hydrogen-bond donors (Lipinski definition) is 0. The summed E-state index contributed by atoms with van der Waals surface area (Å²) in [6.07, 6.45) is 0. The fourth-order valence-electron chi connectivity index (χ4n) is 2.86. The quantitative estimate of drug-likeness (QED) is 0.506. The van der Waals surface area contributed by atoms with Crippen LogP contribution in [-0.2, 0) is 4.79 Å². The van der Waals surface area contributed by atoms with Crippen LogP contribution in [0.2, 0.25) is 5.02 Å². The van der Waals surface area contributed by atoms with Gasteiger partial charge in [-0.2, -0.15) is 0 Å². The van der Waals surface area contributed by atoms with Crippen LogP contribution in [0.4, 0.5) is 5.13 Å². The van der Waals surface area contributed by atoms with Gasteiger partial charge in [0.25, 0.3) is 5.91 Å². The summed E-state index contributed by atoms with van der Waals surface area (Å²) in [4.78, 5) is 21.4. The second kappa shape index (κ2) is 10.3. The van der Waals surface area contributed by atoms with E-state index in [1.165, 1.54) is 11.1 Å². The molecule has 0 saturated heterocycles. The number of halogens is 2. The summed E-state index contributed by atoms with van der Waals surface area (Å²) >= 11 is 7.44. The van der Waals surface area contributed by atoms with Crippen LogP contribution in [0, 0.1) is 13.8 Å². The van der Waals surface area contributed by atoms with E-state index in [4.69, 9.17) is 21.3 Å². The number of amides is 1. The van der Waals surface area contributed by atoms with E-state index in [0.29, 0.717) is 22.4 Å². The number of aromatic nitrogens is 1. The molecule has 0 aliphatic rings. The van der Waals surface area contributed by atoms with Crippen molar-refractivity contribution in [1.29, 1.82) is 0 Å². The third kappa shape index (κ3) is 6.06. The fourth-order valence-corrected chi connectivity index (χ4v) is 4.05. The van der Waals surface area contributed by atoms with Crippen molar-refractivity contribution in [1.82, 2.24) is 9.88 Å². The maximum Gasteiger partial charge on any atom is 0.266 e. The fraction of sp³-hybridized carbons (Fsp3) is 0.333. The third-order valence-electron chi connectivity index (χ3n) is 4.29. The molecular formula is C21H25Cl2N3O2S. The highest BCUT2D eigenvalue weighted by Gasteiger charge is 2.21. The van der Waals surface area contributed by atoms with E-state index in [-0.39, 0.29) is 24.9 Å². The van der Waals surface area contributed by atoms with Gasteiger partial charge < -0.3 is 9.64 Å². The standard InChI is InChI=1S/C21H24ClN3O2S.ClH/c1-14-11-15(2)20-18(12-14)23-21(28-20)25(10-9-24(3)4)19(26)13-27-17-7-5-16(22)6-8-17;/h5-8,11-12H,9-10,13H2,1-4H3;1H. The lowest BCUT2D eigenvalue weighted by molar-refractivity contribution is -0.120. The predicted octanol–water partition coefficient (Wildman–Crippen LogP) is 4.96. The van der Waals surface area contributed by atoms with Crippen molar-refractivity contribution in [3.05, 3.63) is 52.5 Å². The minimum Gasteiger partial charge on any atom is -0.484 e. The zero-order chi connectivity index (χ0) is 20.3. The number of carbonyl (C=O) groups excluding carboxylic acids is 1. The lowest BCUT2D eigenvalue weighted by Crippen LogP contribution is -2.39. The molecule has 0 saturated carbocycles. The number of ether oxygens (including phenoxy) is 1. The first kappa shape index (κ1) is 23.4. The molecule has 3 aromatic rings. The zero-order valence-corrected chi connectivity index (χ0v) is 19.3. The van der Waals surface area contributed by atoms with Gasteiger partial charge in [-0.3, -0.25) is 9.69 Å². The number of anilines is 1. The van der Waals surface area contributed by atoms with E-state index in [1.54, 1.807) is 40.5 Å². The minimum atomic E-state index is -0.120. The minimum absolute atomic E-state index is 0. The average Bonchev–Trinajstić information content (AvgIpc) is 3.05. The van der Waals surface area contributed by atoms with Crippen molar-refractivity contribution in [2.45, 2.75) is 13.8 Å². The van der Waals surface area contributed by atoms with Gasteiger partial charge in [0, 0.05) is 18.1 Å². The van der Waals surface area contributed by atoms with Gasteiger partial charge in [0.1, 0.15) is 5.75 Å². The van der Waals surface area contributed by atoms with Gasteiger partial charge in [-0.15, -0.1) is 12.4 Å². The molecule has 0 bridgehead atoms. The van der Waals surface area contributed by atoms with Crippen LogP contribution >= 0.6 is 35.3 Å². The topological polar surface area (TPSA) is 45.7 Å². The van der Waals surface area contributed by atoms with Crippen molar-refractivity contribution in [2.75, 3.05) is 38.7 Å². The summed E-state index contributed by atoms with van der Waals surface area (Å²) in [5.74, 6) is 0.492. The van der Waals surface area contributed by atoms with Gasteiger partial charge in [0.2, 0.25) is 0 Å². The van der Waals surface area contributed by atoms with Crippen LogP contribution in [0.3, 0.4) is 0 Å². The Morgan fingerprint density at radius 3 is 2.48 bits per heavy atom. The molecule has 1 amide bonds. The zero-order valence-electron chi connectivity index (χ0n) is 16.9. The highest BCUT2D eigenvalue weighted by molar-refractivity contribution is 7.22. The van der Waals surface area contributed by atoms with Crippen LogP contribution < -0.4 is 9.64 Å². The first-order valence-corrected chi connectivity index (χ1v) is 10.2. The van der Waals surface area contributed by atoms with E-state index >= 15 is 0 Å². The Hall–Kier alpha value is -1.86. The van der Waals surface area contributed by atoms with Crippen molar-refractivity contribution in [2.24, 2.45) is 0 Å². The highest BCUT2D eigenvalue weighted by atomic mass is 35.5. The summed E-state index contributed by atoms with van der Waals surface area (Å²) in [5, 5.41) is 1.33. The Kier molecular flexibility index (Phi) is 8.28. The second-order valence-electron chi connectivity index (χ2n) is 7.02. The lowest BCUT2D eigenvalue weighted by atomic mass is 10.1. The maximum atomic E-state index is 12.9. The molecule has 5 nitrogen and oxygen atoms in total. The molecule has 156 valence electrons. The van der Waals surface area contributed by atoms with Crippen LogP contribution in [0.5, 0.6) is 5.75 Å². The van der Waals surface area contributed by atoms with E-state index in [1.807, 2.05) is 19.0 Å². The smallest absolute Gasteiger partial charge is 0.266 e. The summed E-state index contributed by atoms with van der Waals surface area (Å²) in [6.45, 7) is 5.37. The van der Waals surface area contributed by atoms with Crippen molar-refractivity contribution >= 4 is 56.6 Å². The molecule has 1 heterocycles. The largest absolute Gasteiger partial charge is 0.484 e. The Morgan fingerprint density at radius 1 is 1.14 bits per heavy atom. The summed E-state index contributed by atoms with van der Waals surface area (Å²) in [6, 6.07) is 11.2. The Labute approximate surface area is 186 Å².